The van der Waals surface area contributed by atoms with Crippen LogP contribution in [-0.4, -0.2) is 23.5 Å². The molecule has 0 aromatic carbocycles. The number of hydrogen-bond acceptors (Lipinski definition) is 3. The summed E-state index contributed by atoms with van der Waals surface area (Å²) in [5.74, 6) is 0. The average Bonchev–Trinajstić information content (AvgIpc) is 2.68. The van der Waals surface area contributed by atoms with Gasteiger partial charge >= 0.3 is 0 Å². The van der Waals surface area contributed by atoms with Gasteiger partial charge in [-0.3, -0.25) is 4.68 Å². The van der Waals surface area contributed by atoms with Crippen LogP contribution >= 0.6 is 11.6 Å². The van der Waals surface area contributed by atoms with E-state index in [0.29, 0.717) is 18.2 Å². The maximum absolute atomic E-state index is 6.17. The highest BCUT2D eigenvalue weighted by atomic mass is 35.5. The van der Waals surface area contributed by atoms with E-state index in [-0.39, 0.29) is 6.04 Å². The molecular formula is C12H22ClN3O. The van der Waals surface area contributed by atoms with Crippen molar-refractivity contribution in [3.63, 3.8) is 0 Å². The lowest BCUT2D eigenvalue weighted by Gasteiger charge is -2.14. The summed E-state index contributed by atoms with van der Waals surface area (Å²) in [6.45, 7) is 3.49. The summed E-state index contributed by atoms with van der Waals surface area (Å²) >= 11 is 6.13. The third-order valence-corrected chi connectivity index (χ3v) is 3.10. The molecule has 17 heavy (non-hydrogen) atoms. The van der Waals surface area contributed by atoms with Crippen molar-refractivity contribution in [1.82, 2.24) is 9.78 Å². The van der Waals surface area contributed by atoms with Gasteiger partial charge in [0.05, 0.1) is 30.1 Å². The molecule has 5 heteroatoms. The van der Waals surface area contributed by atoms with E-state index in [1.54, 1.807) is 13.3 Å². The second-order valence-electron chi connectivity index (χ2n) is 4.20. The lowest BCUT2D eigenvalue weighted by molar-refractivity contribution is 0.182. The van der Waals surface area contributed by atoms with Crippen molar-refractivity contribution in [2.45, 2.75) is 45.2 Å². The number of ether oxygens (including phenoxy) is 1. The van der Waals surface area contributed by atoms with E-state index >= 15 is 0 Å². The number of nitrogens with zero attached hydrogens (tertiary/aromatic N) is 2. The Morgan fingerprint density at radius 3 is 2.94 bits per heavy atom. The van der Waals surface area contributed by atoms with E-state index in [2.05, 4.69) is 12.0 Å². The normalized spacial score (nSPS) is 12.9. The Morgan fingerprint density at radius 1 is 1.53 bits per heavy atom. The molecule has 2 N–H and O–H groups in total. The molecule has 1 atom stereocenters. The molecule has 0 spiro atoms. The summed E-state index contributed by atoms with van der Waals surface area (Å²) in [5, 5.41) is 4.88. The molecule has 0 radical (unpaired) electrons. The highest BCUT2D eigenvalue weighted by Gasteiger charge is 2.16. The predicted octanol–water partition coefficient (Wildman–Crippen LogP) is 2.76. The molecule has 1 heterocycles. The fourth-order valence-electron chi connectivity index (χ4n) is 1.85. The Morgan fingerprint density at radius 2 is 2.29 bits per heavy atom. The standard InChI is InChI=1S/C12H22ClN3O/c1-3-4-5-6-11(14)12-10(13)9-15-16(12)7-8-17-2/h9,11H,3-8,14H2,1-2H3. The van der Waals surface area contributed by atoms with Gasteiger partial charge in [-0.05, 0) is 6.42 Å². The summed E-state index contributed by atoms with van der Waals surface area (Å²) in [7, 11) is 1.67. The van der Waals surface area contributed by atoms with Gasteiger partial charge in [0, 0.05) is 13.2 Å². The predicted molar refractivity (Wildman–Crippen MR) is 70.2 cm³/mol. The number of rotatable bonds is 8. The smallest absolute Gasteiger partial charge is 0.0834 e. The van der Waals surface area contributed by atoms with Crippen molar-refractivity contribution < 1.29 is 4.74 Å². The number of nitrogens with two attached hydrogens (primary N) is 1. The van der Waals surface area contributed by atoms with Crippen LogP contribution in [0.15, 0.2) is 6.20 Å². The SMILES string of the molecule is CCCCCC(N)c1c(Cl)cnn1CCOC. The van der Waals surface area contributed by atoms with Gasteiger partial charge in [0.15, 0.2) is 0 Å². The van der Waals surface area contributed by atoms with Gasteiger partial charge in [-0.2, -0.15) is 5.10 Å². The minimum atomic E-state index is -0.0339. The fraction of sp³-hybridized carbons (Fsp3) is 0.750. The van der Waals surface area contributed by atoms with E-state index in [1.807, 2.05) is 4.68 Å². The third-order valence-electron chi connectivity index (χ3n) is 2.81. The quantitative estimate of drug-likeness (QED) is 0.731. The zero-order valence-electron chi connectivity index (χ0n) is 10.7. The van der Waals surface area contributed by atoms with E-state index in [0.717, 1.165) is 18.5 Å². The summed E-state index contributed by atoms with van der Waals surface area (Å²) < 4.78 is 6.89. The van der Waals surface area contributed by atoms with E-state index in [4.69, 9.17) is 22.1 Å². The summed E-state index contributed by atoms with van der Waals surface area (Å²) in [4.78, 5) is 0. The van der Waals surface area contributed by atoms with Crippen LogP contribution < -0.4 is 5.73 Å². The first-order valence-corrected chi connectivity index (χ1v) is 6.54. The maximum Gasteiger partial charge on any atom is 0.0834 e. The molecule has 1 rings (SSSR count). The van der Waals surface area contributed by atoms with Gasteiger partial charge in [0.25, 0.3) is 0 Å². The van der Waals surface area contributed by atoms with Gasteiger partial charge in [-0.1, -0.05) is 37.8 Å². The minimum Gasteiger partial charge on any atom is -0.383 e. The van der Waals surface area contributed by atoms with E-state index < -0.39 is 0 Å². The lowest BCUT2D eigenvalue weighted by Crippen LogP contribution is -2.18. The summed E-state index contributed by atoms with van der Waals surface area (Å²) in [6, 6.07) is -0.0339. The van der Waals surface area contributed by atoms with Crippen molar-refractivity contribution >= 4 is 11.6 Å². The first-order chi connectivity index (χ1) is 8.20. The molecule has 0 fully saturated rings. The third kappa shape index (κ3) is 4.30. The number of hydrogen-bond donors (Lipinski definition) is 1. The molecule has 0 bridgehead atoms. The van der Waals surface area contributed by atoms with Crippen molar-refractivity contribution in [2.24, 2.45) is 5.73 Å². The molecule has 98 valence electrons. The maximum atomic E-state index is 6.17. The second kappa shape index (κ2) is 7.69. The molecule has 0 amide bonds. The Labute approximate surface area is 108 Å². The average molecular weight is 260 g/mol. The Hall–Kier alpha value is -0.580. The van der Waals surface area contributed by atoms with Crippen molar-refractivity contribution in [3.8, 4) is 0 Å². The Kier molecular flexibility index (Phi) is 6.55. The van der Waals surface area contributed by atoms with Gasteiger partial charge < -0.3 is 10.5 Å². The van der Waals surface area contributed by atoms with Crippen molar-refractivity contribution in [3.05, 3.63) is 16.9 Å². The van der Waals surface area contributed by atoms with Crippen LogP contribution in [0.2, 0.25) is 5.02 Å². The Balaban J connectivity index is 2.63. The number of halogens is 1. The summed E-state index contributed by atoms with van der Waals surface area (Å²) in [5.41, 5.74) is 7.10. The van der Waals surface area contributed by atoms with E-state index in [9.17, 15) is 0 Å². The second-order valence-corrected chi connectivity index (χ2v) is 4.60. The highest BCUT2D eigenvalue weighted by Crippen LogP contribution is 2.24. The monoisotopic (exact) mass is 259 g/mol. The van der Waals surface area contributed by atoms with Gasteiger partial charge in [0.1, 0.15) is 0 Å². The van der Waals surface area contributed by atoms with Crippen LogP contribution in [0.1, 0.15) is 44.3 Å². The number of unbranched alkanes of at least 4 members (excludes halogenated alkanes) is 2. The van der Waals surface area contributed by atoms with Crippen LogP contribution in [0.3, 0.4) is 0 Å². The zero-order valence-corrected chi connectivity index (χ0v) is 11.4. The Bertz CT molecular complexity index is 328. The zero-order chi connectivity index (χ0) is 12.7. The fourth-order valence-corrected chi connectivity index (χ4v) is 2.13. The molecule has 0 saturated carbocycles. The van der Waals surface area contributed by atoms with Crippen LogP contribution in [0, 0.1) is 0 Å². The largest absolute Gasteiger partial charge is 0.383 e. The minimum absolute atomic E-state index is 0.0339. The van der Waals surface area contributed by atoms with Crippen molar-refractivity contribution in [1.29, 1.82) is 0 Å². The van der Waals surface area contributed by atoms with Gasteiger partial charge in [-0.15, -0.1) is 0 Å². The summed E-state index contributed by atoms with van der Waals surface area (Å²) in [6.07, 6.45) is 6.14. The highest BCUT2D eigenvalue weighted by molar-refractivity contribution is 6.31. The molecule has 0 aliphatic carbocycles. The molecule has 1 unspecified atom stereocenters. The molecule has 0 aliphatic rings. The number of aromatic nitrogens is 2. The van der Waals surface area contributed by atoms with Crippen LogP contribution in [-0.2, 0) is 11.3 Å². The van der Waals surface area contributed by atoms with Crippen LogP contribution in [0.25, 0.3) is 0 Å². The van der Waals surface area contributed by atoms with E-state index in [1.165, 1.54) is 12.8 Å². The number of methoxy groups -OCH3 is 1. The van der Waals surface area contributed by atoms with Crippen LogP contribution in [0.5, 0.6) is 0 Å². The van der Waals surface area contributed by atoms with Crippen molar-refractivity contribution in [2.75, 3.05) is 13.7 Å². The molecule has 1 aromatic heterocycles. The lowest BCUT2D eigenvalue weighted by atomic mass is 10.1. The topological polar surface area (TPSA) is 53.1 Å². The van der Waals surface area contributed by atoms with Gasteiger partial charge in [-0.25, -0.2) is 0 Å². The molecule has 4 nitrogen and oxygen atoms in total. The molecule has 0 saturated heterocycles. The van der Waals surface area contributed by atoms with Gasteiger partial charge in [0.2, 0.25) is 0 Å². The van der Waals surface area contributed by atoms with Crippen LogP contribution in [0.4, 0.5) is 0 Å². The molecule has 0 aliphatic heterocycles. The first-order valence-electron chi connectivity index (χ1n) is 6.16. The first kappa shape index (κ1) is 14.5. The molecule has 1 aromatic rings. The molecular weight excluding hydrogens is 238 g/mol.